The quantitative estimate of drug-likeness (QED) is 0.171. The van der Waals surface area contributed by atoms with Crippen LogP contribution in [0.2, 0.25) is 0 Å². The van der Waals surface area contributed by atoms with E-state index in [2.05, 4.69) is 5.32 Å². The summed E-state index contributed by atoms with van der Waals surface area (Å²) >= 11 is 0. The van der Waals surface area contributed by atoms with E-state index in [1.807, 2.05) is 13.8 Å². The van der Waals surface area contributed by atoms with E-state index in [0.29, 0.717) is 12.8 Å². The van der Waals surface area contributed by atoms with Gasteiger partial charge in [0.05, 0.1) is 6.61 Å². The van der Waals surface area contributed by atoms with Crippen LogP contribution in [0, 0.1) is 0 Å². The Morgan fingerprint density at radius 2 is 1.61 bits per heavy atom. The second-order valence-electron chi connectivity index (χ2n) is 7.86. The summed E-state index contributed by atoms with van der Waals surface area (Å²) in [7, 11) is 0. The van der Waals surface area contributed by atoms with Gasteiger partial charge in [-0.3, -0.25) is 9.59 Å². The van der Waals surface area contributed by atoms with Gasteiger partial charge in [-0.2, -0.15) is 0 Å². The Morgan fingerprint density at radius 3 is 2.23 bits per heavy atom. The Kier molecular flexibility index (Phi) is 13.9. The van der Waals surface area contributed by atoms with Crippen molar-refractivity contribution in [3.05, 3.63) is 0 Å². The smallest absolute Gasteiger partial charge is 0.305 e. The lowest BCUT2D eigenvalue weighted by atomic mass is 9.98. The number of hydrogen-bond acceptors (Lipinski definition) is 9. The molecule has 10 nitrogen and oxygen atoms in total. The first kappa shape index (κ1) is 27.7. The standard InChI is InChI=1S/C21H39NO9/c1-3-5-7-9-16(24)22-11-15-18(26)19(27)20(28)21(31-15)30-14(12-23)13-29-17(25)10-8-6-4-2/h14-15,18-21,23,26-28H,3-13H2,1-2H3,(H,22,24)/t14?,15-,18-,19+,20-,21-/m1/s1. The number of nitrogens with one attached hydrogen (secondary N) is 1. The third-order valence-corrected chi connectivity index (χ3v) is 5.12. The molecule has 182 valence electrons. The highest BCUT2D eigenvalue weighted by molar-refractivity contribution is 5.75. The van der Waals surface area contributed by atoms with Crippen molar-refractivity contribution in [3.8, 4) is 0 Å². The number of unbranched alkanes of at least 4 members (excludes halogenated alkanes) is 4. The topological polar surface area (TPSA) is 155 Å². The maximum Gasteiger partial charge on any atom is 0.305 e. The fourth-order valence-electron chi connectivity index (χ4n) is 3.14. The van der Waals surface area contributed by atoms with Gasteiger partial charge in [-0.15, -0.1) is 0 Å². The van der Waals surface area contributed by atoms with Gasteiger partial charge < -0.3 is 40.0 Å². The molecule has 1 aliphatic heterocycles. The Labute approximate surface area is 183 Å². The molecule has 0 aromatic rings. The van der Waals surface area contributed by atoms with Crippen molar-refractivity contribution >= 4 is 11.9 Å². The number of carbonyl (C=O) groups excluding carboxylic acids is 2. The SMILES string of the molecule is CCCCCC(=O)NC[C@H]1O[C@@H](OC(CO)COC(=O)CCCCC)[C@H](O)[C@@H](O)[C@@H]1O. The van der Waals surface area contributed by atoms with Gasteiger partial charge in [-0.05, 0) is 12.8 Å². The maximum absolute atomic E-state index is 11.9. The van der Waals surface area contributed by atoms with Gasteiger partial charge in [0.2, 0.25) is 5.91 Å². The lowest BCUT2D eigenvalue weighted by Gasteiger charge is -2.41. The van der Waals surface area contributed by atoms with Crippen LogP contribution < -0.4 is 5.32 Å². The number of rotatable bonds is 15. The Morgan fingerprint density at radius 1 is 0.968 bits per heavy atom. The van der Waals surface area contributed by atoms with Crippen molar-refractivity contribution in [2.45, 2.75) is 102 Å². The molecular formula is C21H39NO9. The number of aliphatic hydroxyl groups is 4. The number of carbonyl (C=O) groups is 2. The third-order valence-electron chi connectivity index (χ3n) is 5.12. The Balaban J connectivity index is 2.54. The molecular weight excluding hydrogens is 410 g/mol. The zero-order valence-electron chi connectivity index (χ0n) is 18.6. The van der Waals surface area contributed by atoms with Crippen LogP contribution in [0.1, 0.15) is 65.2 Å². The summed E-state index contributed by atoms with van der Waals surface area (Å²) in [5, 5.41) is 42.6. The summed E-state index contributed by atoms with van der Waals surface area (Å²) in [6.07, 6.45) is -2.10. The van der Waals surface area contributed by atoms with E-state index in [1.165, 1.54) is 0 Å². The van der Waals surface area contributed by atoms with E-state index in [1.54, 1.807) is 0 Å². The van der Waals surface area contributed by atoms with Crippen LogP contribution in [0.5, 0.6) is 0 Å². The molecule has 0 aromatic heterocycles. The van der Waals surface area contributed by atoms with Gasteiger partial charge in [0, 0.05) is 19.4 Å². The number of esters is 1. The number of ether oxygens (including phenoxy) is 3. The molecule has 10 heteroatoms. The molecule has 31 heavy (non-hydrogen) atoms. The molecule has 1 unspecified atom stereocenters. The van der Waals surface area contributed by atoms with Crippen molar-refractivity contribution in [1.29, 1.82) is 0 Å². The molecule has 1 amide bonds. The molecule has 0 aliphatic carbocycles. The van der Waals surface area contributed by atoms with Crippen molar-refractivity contribution in [2.24, 2.45) is 0 Å². The van der Waals surface area contributed by atoms with Crippen LogP contribution in [-0.2, 0) is 23.8 Å². The monoisotopic (exact) mass is 449 g/mol. The first-order chi connectivity index (χ1) is 14.8. The maximum atomic E-state index is 11.9. The summed E-state index contributed by atoms with van der Waals surface area (Å²) in [6.45, 7) is 3.22. The van der Waals surface area contributed by atoms with Crippen molar-refractivity contribution in [1.82, 2.24) is 5.32 Å². The highest BCUT2D eigenvalue weighted by atomic mass is 16.7. The summed E-state index contributed by atoms with van der Waals surface area (Å²) in [5.41, 5.74) is 0. The molecule has 1 saturated heterocycles. The van der Waals surface area contributed by atoms with Crippen LogP contribution >= 0.6 is 0 Å². The average molecular weight is 450 g/mol. The van der Waals surface area contributed by atoms with E-state index in [-0.39, 0.29) is 25.5 Å². The van der Waals surface area contributed by atoms with Crippen molar-refractivity contribution in [3.63, 3.8) is 0 Å². The van der Waals surface area contributed by atoms with Crippen LogP contribution in [0.4, 0.5) is 0 Å². The minimum absolute atomic E-state index is 0.0774. The van der Waals surface area contributed by atoms with E-state index in [4.69, 9.17) is 14.2 Å². The molecule has 0 aromatic carbocycles. The number of amides is 1. The highest BCUT2D eigenvalue weighted by Gasteiger charge is 2.45. The summed E-state index contributed by atoms with van der Waals surface area (Å²) < 4.78 is 16.1. The molecule has 0 radical (unpaired) electrons. The van der Waals surface area contributed by atoms with Gasteiger partial charge in [0.25, 0.3) is 0 Å². The van der Waals surface area contributed by atoms with E-state index in [9.17, 15) is 30.0 Å². The number of aliphatic hydroxyl groups excluding tert-OH is 4. The van der Waals surface area contributed by atoms with Gasteiger partial charge in [-0.1, -0.05) is 39.5 Å². The molecule has 5 N–H and O–H groups in total. The second-order valence-corrected chi connectivity index (χ2v) is 7.86. The van der Waals surface area contributed by atoms with Crippen LogP contribution in [0.3, 0.4) is 0 Å². The summed E-state index contributed by atoms with van der Waals surface area (Å²) in [6, 6.07) is 0. The highest BCUT2D eigenvalue weighted by Crippen LogP contribution is 2.23. The fraction of sp³-hybridized carbons (Fsp3) is 0.905. The normalized spacial score (nSPS) is 27.0. The zero-order valence-corrected chi connectivity index (χ0v) is 18.6. The predicted molar refractivity (Wildman–Crippen MR) is 111 cm³/mol. The molecule has 0 spiro atoms. The average Bonchev–Trinajstić information content (AvgIpc) is 2.76. The van der Waals surface area contributed by atoms with Crippen molar-refractivity contribution < 1.29 is 44.2 Å². The largest absolute Gasteiger partial charge is 0.463 e. The van der Waals surface area contributed by atoms with Crippen LogP contribution in [-0.4, -0.2) is 88.9 Å². The summed E-state index contributed by atoms with van der Waals surface area (Å²) in [4.78, 5) is 23.6. The van der Waals surface area contributed by atoms with E-state index in [0.717, 1.165) is 32.1 Å². The first-order valence-electron chi connectivity index (χ1n) is 11.2. The lowest BCUT2D eigenvalue weighted by Crippen LogP contribution is -2.61. The van der Waals surface area contributed by atoms with E-state index < -0.39 is 49.4 Å². The predicted octanol–water partition coefficient (Wildman–Crippen LogP) is -0.00850. The first-order valence-corrected chi connectivity index (χ1v) is 11.2. The minimum Gasteiger partial charge on any atom is -0.463 e. The molecule has 1 aliphatic rings. The van der Waals surface area contributed by atoms with Gasteiger partial charge in [0.15, 0.2) is 6.29 Å². The minimum atomic E-state index is -1.58. The van der Waals surface area contributed by atoms with E-state index >= 15 is 0 Å². The zero-order chi connectivity index (χ0) is 23.2. The molecule has 0 bridgehead atoms. The van der Waals surface area contributed by atoms with Gasteiger partial charge >= 0.3 is 5.97 Å². The third kappa shape index (κ3) is 10.2. The second kappa shape index (κ2) is 15.5. The summed E-state index contributed by atoms with van der Waals surface area (Å²) in [5.74, 6) is -0.620. The lowest BCUT2D eigenvalue weighted by molar-refractivity contribution is -0.310. The van der Waals surface area contributed by atoms with Crippen LogP contribution in [0.25, 0.3) is 0 Å². The molecule has 1 heterocycles. The Bertz CT molecular complexity index is 517. The van der Waals surface area contributed by atoms with Crippen LogP contribution in [0.15, 0.2) is 0 Å². The Hall–Kier alpha value is -1.30. The number of hydrogen-bond donors (Lipinski definition) is 5. The van der Waals surface area contributed by atoms with Gasteiger partial charge in [-0.25, -0.2) is 0 Å². The molecule has 0 saturated carbocycles. The fourth-order valence-corrected chi connectivity index (χ4v) is 3.14. The molecule has 1 fully saturated rings. The molecule has 1 rings (SSSR count). The van der Waals surface area contributed by atoms with Crippen molar-refractivity contribution in [2.75, 3.05) is 19.8 Å². The molecule has 6 atom stereocenters. The van der Waals surface area contributed by atoms with Gasteiger partial charge in [0.1, 0.15) is 37.1 Å².